The highest BCUT2D eigenvalue weighted by atomic mass is 31.2. The summed E-state index contributed by atoms with van der Waals surface area (Å²) in [6, 6.07) is 41.1. The Morgan fingerprint density at radius 2 is 1.12 bits per heavy atom. The van der Waals surface area contributed by atoms with Crippen LogP contribution in [0.25, 0.3) is 0 Å². The first-order chi connectivity index (χ1) is 20.6. The van der Waals surface area contributed by atoms with Crippen LogP contribution in [0.5, 0.6) is 0 Å². The van der Waals surface area contributed by atoms with Crippen molar-refractivity contribution >= 4 is 28.9 Å². The number of nitrogens with one attached hydrogen (secondary N) is 1. The molecule has 2 atom stereocenters. The Bertz CT molecular complexity index is 1220. The standard InChI is InChI=1S/C37H47N3OP/c38-33-27-25-32(26-28-33)37(41)31(18-16-29-40-39)17-8-3-1-2-4-15-30-42(34-19-9-5-10-20-34,35-21-11-6-12-22-35)36-23-13-7-14-24-36/h5-7,9-14,16,19-29,31,37,40-41H,1-4,8,15,17-18,30,38-39H2/q+1/b29-16-/t31-,37?/m1/s1. The van der Waals surface area contributed by atoms with Gasteiger partial charge in [-0.2, -0.15) is 0 Å². The Hall–Kier alpha value is -3.43. The topological polar surface area (TPSA) is 84.3 Å². The van der Waals surface area contributed by atoms with E-state index in [9.17, 15) is 5.11 Å². The fraction of sp³-hybridized carbons (Fsp3) is 0.297. The van der Waals surface area contributed by atoms with Crippen LogP contribution in [0.15, 0.2) is 128 Å². The highest BCUT2D eigenvalue weighted by molar-refractivity contribution is 7.95. The summed E-state index contributed by atoms with van der Waals surface area (Å²) < 4.78 is 0. The Kier molecular flexibility index (Phi) is 12.7. The van der Waals surface area contributed by atoms with E-state index in [2.05, 4.69) is 96.4 Å². The van der Waals surface area contributed by atoms with Gasteiger partial charge in [0.25, 0.3) is 0 Å². The van der Waals surface area contributed by atoms with Crippen molar-refractivity contribution in [1.82, 2.24) is 5.43 Å². The number of hydrazine groups is 1. The molecule has 0 amide bonds. The Morgan fingerprint density at radius 3 is 1.62 bits per heavy atom. The zero-order valence-electron chi connectivity index (χ0n) is 24.7. The van der Waals surface area contributed by atoms with Gasteiger partial charge < -0.3 is 16.3 Å². The smallest absolute Gasteiger partial charge is 0.112 e. The van der Waals surface area contributed by atoms with Gasteiger partial charge in [-0.3, -0.25) is 5.84 Å². The van der Waals surface area contributed by atoms with Crippen LogP contribution in [0.3, 0.4) is 0 Å². The van der Waals surface area contributed by atoms with E-state index in [0.29, 0.717) is 5.69 Å². The van der Waals surface area contributed by atoms with Crippen molar-refractivity contribution in [3.8, 4) is 0 Å². The van der Waals surface area contributed by atoms with Gasteiger partial charge in [0.1, 0.15) is 23.2 Å². The average molecular weight is 581 g/mol. The molecule has 0 spiro atoms. The molecule has 0 bridgehead atoms. The van der Waals surface area contributed by atoms with Crippen LogP contribution in [0.4, 0.5) is 5.69 Å². The molecule has 0 aromatic heterocycles. The van der Waals surface area contributed by atoms with E-state index in [1.165, 1.54) is 54.2 Å². The van der Waals surface area contributed by atoms with Crippen molar-refractivity contribution in [2.45, 2.75) is 57.5 Å². The van der Waals surface area contributed by atoms with Crippen LogP contribution >= 0.6 is 7.26 Å². The molecule has 0 radical (unpaired) electrons. The number of hydrogen-bond acceptors (Lipinski definition) is 4. The molecular formula is C37H47N3OP+. The number of nitrogens with two attached hydrogens (primary N) is 2. The van der Waals surface area contributed by atoms with Crippen LogP contribution in [0.1, 0.15) is 63.0 Å². The number of rotatable bonds is 17. The third-order valence-electron chi connectivity index (χ3n) is 8.29. The molecule has 4 nitrogen and oxygen atoms in total. The second-order valence-electron chi connectivity index (χ2n) is 11.1. The molecule has 4 aromatic carbocycles. The summed E-state index contributed by atoms with van der Waals surface area (Å²) in [4.78, 5) is 0. The van der Waals surface area contributed by atoms with E-state index in [1.807, 2.05) is 30.3 Å². The maximum atomic E-state index is 11.1. The minimum Gasteiger partial charge on any atom is -0.399 e. The highest BCUT2D eigenvalue weighted by Crippen LogP contribution is 2.56. The molecule has 4 aromatic rings. The molecule has 220 valence electrons. The summed E-state index contributed by atoms with van der Waals surface area (Å²) in [5.41, 5.74) is 10.1. The van der Waals surface area contributed by atoms with Gasteiger partial charge in [-0.1, -0.05) is 98.5 Å². The molecule has 42 heavy (non-hydrogen) atoms. The van der Waals surface area contributed by atoms with Crippen LogP contribution in [0, 0.1) is 5.92 Å². The lowest BCUT2D eigenvalue weighted by Crippen LogP contribution is -2.33. The number of aliphatic hydroxyl groups excluding tert-OH is 1. The summed E-state index contributed by atoms with van der Waals surface area (Å²) in [7, 11) is -1.74. The summed E-state index contributed by atoms with van der Waals surface area (Å²) in [5.74, 6) is 5.56. The van der Waals surface area contributed by atoms with Gasteiger partial charge >= 0.3 is 0 Å². The van der Waals surface area contributed by atoms with Crippen molar-refractivity contribution in [3.05, 3.63) is 133 Å². The summed E-state index contributed by atoms with van der Waals surface area (Å²) in [6.45, 7) is 0. The third kappa shape index (κ3) is 8.55. The normalized spacial score (nSPS) is 13.2. The molecule has 0 heterocycles. The van der Waals surface area contributed by atoms with E-state index in [-0.39, 0.29) is 5.92 Å². The first-order valence-electron chi connectivity index (χ1n) is 15.3. The Balaban J connectivity index is 1.33. The van der Waals surface area contributed by atoms with Gasteiger partial charge in [-0.25, -0.2) is 0 Å². The van der Waals surface area contributed by atoms with Crippen LogP contribution in [-0.2, 0) is 0 Å². The first-order valence-corrected chi connectivity index (χ1v) is 17.3. The molecule has 6 N–H and O–H groups in total. The van der Waals surface area contributed by atoms with Gasteiger partial charge in [0, 0.05) is 11.9 Å². The van der Waals surface area contributed by atoms with E-state index in [1.54, 1.807) is 6.20 Å². The lowest BCUT2D eigenvalue weighted by Gasteiger charge is -2.27. The van der Waals surface area contributed by atoms with Gasteiger partial charge in [-0.05, 0) is 85.7 Å². The quantitative estimate of drug-likeness (QED) is 0.0356. The van der Waals surface area contributed by atoms with Gasteiger partial charge in [0.05, 0.1) is 12.3 Å². The van der Waals surface area contributed by atoms with Crippen LogP contribution in [-0.4, -0.2) is 11.3 Å². The molecule has 0 saturated carbocycles. The summed E-state index contributed by atoms with van der Waals surface area (Å²) in [5, 5.41) is 15.5. The highest BCUT2D eigenvalue weighted by Gasteiger charge is 2.44. The van der Waals surface area contributed by atoms with Crippen molar-refractivity contribution in [2.75, 3.05) is 11.9 Å². The SMILES string of the molecule is NN/C=C\C[C@@H](CCCCCCCC[P+](c1ccccc1)(c1ccccc1)c1ccccc1)C(O)c1ccc(N)cc1. The number of anilines is 1. The second-order valence-corrected chi connectivity index (χ2v) is 14.7. The number of nitrogen functional groups attached to an aromatic ring is 1. The fourth-order valence-electron chi connectivity index (χ4n) is 6.03. The summed E-state index contributed by atoms with van der Waals surface area (Å²) in [6.07, 6.45) is 13.4. The van der Waals surface area contributed by atoms with E-state index < -0.39 is 13.4 Å². The predicted molar refractivity (Wildman–Crippen MR) is 183 cm³/mol. The average Bonchev–Trinajstić information content (AvgIpc) is 3.05. The first kappa shape index (κ1) is 31.5. The zero-order valence-corrected chi connectivity index (χ0v) is 25.6. The fourth-order valence-corrected chi connectivity index (χ4v) is 10.4. The maximum Gasteiger partial charge on any atom is 0.112 e. The largest absolute Gasteiger partial charge is 0.399 e. The summed E-state index contributed by atoms with van der Waals surface area (Å²) >= 11 is 0. The number of unbranched alkanes of at least 4 members (excludes halogenated alkanes) is 5. The van der Waals surface area contributed by atoms with E-state index in [0.717, 1.165) is 24.8 Å². The molecule has 0 saturated heterocycles. The van der Waals surface area contributed by atoms with Gasteiger partial charge in [0.15, 0.2) is 0 Å². The van der Waals surface area contributed by atoms with Crippen LogP contribution in [0.2, 0.25) is 0 Å². The van der Waals surface area contributed by atoms with Crippen molar-refractivity contribution in [3.63, 3.8) is 0 Å². The minimum atomic E-state index is -1.74. The second kappa shape index (κ2) is 16.9. The Morgan fingerprint density at radius 1 is 0.643 bits per heavy atom. The van der Waals surface area contributed by atoms with Crippen molar-refractivity contribution < 1.29 is 5.11 Å². The molecule has 0 aliphatic heterocycles. The molecule has 4 rings (SSSR count). The number of allylic oxidation sites excluding steroid dienone is 1. The monoisotopic (exact) mass is 580 g/mol. The number of benzene rings is 4. The minimum absolute atomic E-state index is 0.145. The number of hydrogen-bond donors (Lipinski definition) is 4. The molecule has 0 aliphatic carbocycles. The Labute approximate surface area is 253 Å². The van der Waals surface area contributed by atoms with E-state index in [4.69, 9.17) is 11.6 Å². The molecule has 5 heteroatoms. The molecule has 1 unspecified atom stereocenters. The molecule has 0 aliphatic rings. The lowest BCUT2D eigenvalue weighted by molar-refractivity contribution is 0.102. The van der Waals surface area contributed by atoms with Crippen molar-refractivity contribution in [1.29, 1.82) is 0 Å². The number of aliphatic hydroxyl groups is 1. The molecular weight excluding hydrogens is 533 g/mol. The van der Waals surface area contributed by atoms with Gasteiger partial charge in [-0.15, -0.1) is 0 Å². The zero-order chi connectivity index (χ0) is 29.5. The van der Waals surface area contributed by atoms with Crippen molar-refractivity contribution in [2.24, 2.45) is 11.8 Å². The third-order valence-corrected chi connectivity index (χ3v) is 12.8. The molecule has 0 fully saturated rings. The maximum absolute atomic E-state index is 11.1. The van der Waals surface area contributed by atoms with E-state index >= 15 is 0 Å². The van der Waals surface area contributed by atoms with Crippen LogP contribution < -0.4 is 32.9 Å². The lowest BCUT2D eigenvalue weighted by atomic mass is 9.88. The van der Waals surface area contributed by atoms with Gasteiger partial charge in [0.2, 0.25) is 0 Å². The predicted octanol–water partition coefficient (Wildman–Crippen LogP) is 7.01.